The summed E-state index contributed by atoms with van der Waals surface area (Å²) in [7, 11) is 0. The van der Waals surface area contributed by atoms with Gasteiger partial charge in [0.2, 0.25) is 0 Å². The predicted octanol–water partition coefficient (Wildman–Crippen LogP) is 8.72. The average Bonchev–Trinajstić information content (AvgIpc) is 3.45. The van der Waals surface area contributed by atoms with Crippen molar-refractivity contribution in [3.63, 3.8) is 0 Å². The molecule has 2 heterocycles. The smallest absolute Gasteiger partial charge is 0.144 e. The molecule has 1 aliphatic rings. The van der Waals surface area contributed by atoms with Crippen LogP contribution < -0.4 is 0 Å². The van der Waals surface area contributed by atoms with Gasteiger partial charge in [-0.05, 0) is 72.2 Å². The number of pyridine rings is 1. The third kappa shape index (κ3) is 3.10. The molecule has 160 valence electrons. The van der Waals surface area contributed by atoms with Crippen LogP contribution in [0.4, 0.5) is 4.39 Å². The van der Waals surface area contributed by atoms with E-state index in [1.807, 2.05) is 18.2 Å². The Kier molecular flexibility index (Phi) is 4.53. The maximum absolute atomic E-state index is 14.2. The van der Waals surface area contributed by atoms with Gasteiger partial charge in [0.1, 0.15) is 17.0 Å². The van der Waals surface area contributed by atoms with E-state index in [1.54, 1.807) is 6.07 Å². The second-order valence-corrected chi connectivity index (χ2v) is 9.44. The molecule has 0 atom stereocenters. The van der Waals surface area contributed by atoms with Gasteiger partial charge in [0.25, 0.3) is 0 Å². The van der Waals surface area contributed by atoms with Gasteiger partial charge in [-0.1, -0.05) is 44.9 Å². The van der Waals surface area contributed by atoms with E-state index in [-0.39, 0.29) is 5.82 Å². The van der Waals surface area contributed by atoms with Gasteiger partial charge in [0.05, 0.1) is 5.69 Å². The second-order valence-electron chi connectivity index (χ2n) is 9.44. The monoisotopic (exact) mass is 423 g/mol. The van der Waals surface area contributed by atoms with E-state index in [1.165, 1.54) is 24.5 Å². The first-order valence-corrected chi connectivity index (χ1v) is 11.6. The lowest BCUT2D eigenvalue weighted by Crippen LogP contribution is -2.00. The van der Waals surface area contributed by atoms with Gasteiger partial charge in [-0.25, -0.2) is 4.39 Å². The van der Waals surface area contributed by atoms with Crippen molar-refractivity contribution < 1.29 is 8.81 Å². The first-order valence-electron chi connectivity index (χ1n) is 11.6. The molecule has 2 nitrogen and oxygen atoms in total. The number of halogens is 1. The largest absolute Gasteiger partial charge is 0.455 e. The third-order valence-electron chi connectivity index (χ3n) is 7.01. The van der Waals surface area contributed by atoms with Gasteiger partial charge >= 0.3 is 0 Å². The van der Waals surface area contributed by atoms with Gasteiger partial charge in [0, 0.05) is 33.3 Å². The molecule has 0 saturated heterocycles. The Labute approximate surface area is 187 Å². The zero-order chi connectivity index (χ0) is 21.8. The first-order chi connectivity index (χ1) is 15.6. The van der Waals surface area contributed by atoms with Crippen LogP contribution in [0.5, 0.6) is 0 Å². The Morgan fingerprint density at radius 2 is 1.72 bits per heavy atom. The molecule has 0 amide bonds. The standard InChI is InChI=1S/C29H26FNO/c1-17(2)19-14-24-23-9-5-6-10-27(23)32-29(24)25(15-19)28-22-12-11-21(30)13-20(22)16-26(31-28)18-7-3-4-8-18/h5-6,9-18H,3-4,7-8H2,1-2H3. The highest BCUT2D eigenvalue weighted by molar-refractivity contribution is 6.12. The van der Waals surface area contributed by atoms with Gasteiger partial charge in [0.15, 0.2) is 0 Å². The molecule has 6 rings (SSSR count). The van der Waals surface area contributed by atoms with Crippen molar-refractivity contribution in [2.24, 2.45) is 0 Å². The topological polar surface area (TPSA) is 26.0 Å². The van der Waals surface area contributed by atoms with Crippen LogP contribution >= 0.6 is 0 Å². The van der Waals surface area contributed by atoms with E-state index < -0.39 is 0 Å². The quantitative estimate of drug-likeness (QED) is 0.290. The first kappa shape index (κ1) is 19.5. The predicted molar refractivity (Wildman–Crippen MR) is 130 cm³/mol. The van der Waals surface area contributed by atoms with Crippen molar-refractivity contribution in [1.82, 2.24) is 4.98 Å². The number of benzene rings is 3. The van der Waals surface area contributed by atoms with E-state index >= 15 is 0 Å². The number of nitrogens with zero attached hydrogens (tertiary/aromatic N) is 1. The number of hydrogen-bond acceptors (Lipinski definition) is 2. The van der Waals surface area contributed by atoms with Crippen LogP contribution in [-0.4, -0.2) is 4.98 Å². The van der Waals surface area contributed by atoms with Crippen LogP contribution in [0, 0.1) is 5.82 Å². The minimum Gasteiger partial charge on any atom is -0.455 e. The zero-order valence-corrected chi connectivity index (χ0v) is 18.5. The van der Waals surface area contributed by atoms with Gasteiger partial charge in [-0.2, -0.15) is 0 Å². The fraction of sp³-hybridized carbons (Fsp3) is 0.276. The van der Waals surface area contributed by atoms with Crippen molar-refractivity contribution in [3.05, 3.63) is 77.7 Å². The van der Waals surface area contributed by atoms with Gasteiger partial charge in [-0.15, -0.1) is 0 Å². The Hall–Kier alpha value is -3.20. The van der Waals surface area contributed by atoms with E-state index in [9.17, 15) is 4.39 Å². The maximum atomic E-state index is 14.2. The number of rotatable bonds is 3. The summed E-state index contributed by atoms with van der Waals surface area (Å²) in [5.74, 6) is 0.603. The summed E-state index contributed by atoms with van der Waals surface area (Å²) in [6.07, 6.45) is 4.78. The number of fused-ring (bicyclic) bond motifs is 4. The zero-order valence-electron chi connectivity index (χ0n) is 18.5. The average molecular weight is 424 g/mol. The highest BCUT2D eigenvalue weighted by Crippen LogP contribution is 2.42. The molecule has 0 spiro atoms. The number of furan rings is 1. The van der Waals surface area contributed by atoms with Crippen LogP contribution in [0.25, 0.3) is 44.0 Å². The van der Waals surface area contributed by atoms with Gasteiger partial charge < -0.3 is 4.42 Å². The van der Waals surface area contributed by atoms with E-state index in [0.29, 0.717) is 11.8 Å². The normalized spacial score (nSPS) is 15.0. The molecule has 3 heteroatoms. The van der Waals surface area contributed by atoms with Crippen LogP contribution in [0.15, 0.2) is 65.1 Å². The van der Waals surface area contributed by atoms with Crippen LogP contribution in [0.2, 0.25) is 0 Å². The lowest BCUT2D eigenvalue weighted by molar-refractivity contribution is 0.629. The molecule has 0 aliphatic heterocycles. The van der Waals surface area contributed by atoms with E-state index in [2.05, 4.69) is 44.2 Å². The molecular weight excluding hydrogens is 397 g/mol. The highest BCUT2D eigenvalue weighted by atomic mass is 19.1. The molecular formula is C29H26FNO. The van der Waals surface area contributed by atoms with Crippen molar-refractivity contribution in [3.8, 4) is 11.3 Å². The summed E-state index contributed by atoms with van der Waals surface area (Å²) in [5, 5.41) is 4.12. The molecule has 1 fully saturated rings. The lowest BCUT2D eigenvalue weighted by Gasteiger charge is -2.16. The summed E-state index contributed by atoms with van der Waals surface area (Å²) in [6.45, 7) is 4.42. The van der Waals surface area contributed by atoms with E-state index in [4.69, 9.17) is 9.40 Å². The molecule has 3 aromatic carbocycles. The summed E-state index contributed by atoms with van der Waals surface area (Å²) in [5.41, 5.74) is 5.97. The lowest BCUT2D eigenvalue weighted by atomic mass is 9.93. The highest BCUT2D eigenvalue weighted by Gasteiger charge is 2.23. The number of aromatic nitrogens is 1. The fourth-order valence-electron chi connectivity index (χ4n) is 5.24. The minimum absolute atomic E-state index is 0.211. The summed E-state index contributed by atoms with van der Waals surface area (Å²) >= 11 is 0. The Bertz CT molecular complexity index is 1470. The van der Waals surface area contributed by atoms with Crippen LogP contribution in [0.3, 0.4) is 0 Å². The van der Waals surface area contributed by atoms with Crippen LogP contribution in [-0.2, 0) is 0 Å². The Balaban J connectivity index is 1.72. The summed E-state index contributed by atoms with van der Waals surface area (Å²) < 4.78 is 20.6. The van der Waals surface area contributed by atoms with Crippen molar-refractivity contribution >= 4 is 32.7 Å². The van der Waals surface area contributed by atoms with Gasteiger partial charge in [-0.3, -0.25) is 4.98 Å². The summed E-state index contributed by atoms with van der Waals surface area (Å²) in [4.78, 5) is 5.22. The molecule has 0 unspecified atom stereocenters. The number of hydrogen-bond donors (Lipinski definition) is 0. The molecule has 32 heavy (non-hydrogen) atoms. The molecule has 1 aliphatic carbocycles. The molecule has 0 radical (unpaired) electrons. The molecule has 2 aromatic heterocycles. The van der Waals surface area contributed by atoms with Crippen molar-refractivity contribution in [1.29, 1.82) is 0 Å². The summed E-state index contributed by atoms with van der Waals surface area (Å²) in [6, 6.07) is 19.8. The third-order valence-corrected chi connectivity index (χ3v) is 7.01. The molecule has 1 saturated carbocycles. The maximum Gasteiger partial charge on any atom is 0.144 e. The van der Waals surface area contributed by atoms with Crippen molar-refractivity contribution in [2.75, 3.05) is 0 Å². The Morgan fingerprint density at radius 3 is 2.53 bits per heavy atom. The Morgan fingerprint density at radius 1 is 0.906 bits per heavy atom. The van der Waals surface area contributed by atoms with E-state index in [0.717, 1.165) is 62.5 Å². The van der Waals surface area contributed by atoms with Crippen LogP contribution in [0.1, 0.15) is 62.6 Å². The fourth-order valence-corrected chi connectivity index (χ4v) is 5.24. The SMILES string of the molecule is CC(C)c1cc(-c2nc(C3CCCC3)cc3cc(F)ccc23)c2oc3ccccc3c2c1. The second kappa shape index (κ2) is 7.44. The molecule has 0 bridgehead atoms. The minimum atomic E-state index is -0.211. The number of para-hydroxylation sites is 1. The van der Waals surface area contributed by atoms with Crippen molar-refractivity contribution in [2.45, 2.75) is 51.4 Å². The molecule has 0 N–H and O–H groups in total. The molecule has 5 aromatic rings.